The van der Waals surface area contributed by atoms with Crippen LogP contribution in [0.2, 0.25) is 0 Å². The number of nitrogens with zero attached hydrogens (tertiary/aromatic N) is 3. The van der Waals surface area contributed by atoms with Crippen molar-refractivity contribution in [2.75, 3.05) is 66.5 Å². The normalized spacial score (nSPS) is 18.7. The van der Waals surface area contributed by atoms with Gasteiger partial charge in [-0.15, -0.1) is 0 Å². The molecule has 4 heteroatoms. The van der Waals surface area contributed by atoms with Crippen molar-refractivity contribution in [3.63, 3.8) is 0 Å². The number of hydrogen-bond acceptors (Lipinski definition) is 4. The van der Waals surface area contributed by atoms with E-state index in [1.165, 1.54) is 71.5 Å². The molecule has 2 N–H and O–H groups in total. The Bertz CT molecular complexity index is 188. The molecule has 1 saturated heterocycles. The summed E-state index contributed by atoms with van der Waals surface area (Å²) in [6.07, 6.45) is 5.19. The van der Waals surface area contributed by atoms with Crippen molar-refractivity contribution < 1.29 is 0 Å². The smallest absolute Gasteiger partial charge is 0.0110 e. The second-order valence-electron chi connectivity index (χ2n) is 5.69. The number of likely N-dealkylation sites (N-methyl/N-ethyl adjacent to an activating group) is 1. The minimum Gasteiger partial charge on any atom is -0.330 e. The lowest BCUT2D eigenvalue weighted by Gasteiger charge is -2.35. The molecule has 0 atom stereocenters. The molecule has 1 aliphatic heterocycles. The van der Waals surface area contributed by atoms with Gasteiger partial charge in [-0.25, -0.2) is 0 Å². The number of nitrogens with two attached hydrogens (primary N) is 1. The van der Waals surface area contributed by atoms with E-state index in [1.807, 2.05) is 0 Å². The lowest BCUT2D eigenvalue weighted by atomic mass is 10.2. The number of rotatable bonds is 9. The summed E-state index contributed by atoms with van der Waals surface area (Å²) in [5, 5.41) is 0. The highest BCUT2D eigenvalue weighted by atomic mass is 15.3. The first-order valence-corrected chi connectivity index (χ1v) is 7.52. The second kappa shape index (κ2) is 9.73. The monoisotopic (exact) mass is 256 g/mol. The Balaban J connectivity index is 1.98. The summed E-state index contributed by atoms with van der Waals surface area (Å²) in [6.45, 7) is 9.54. The van der Waals surface area contributed by atoms with E-state index < -0.39 is 0 Å². The van der Waals surface area contributed by atoms with Crippen LogP contribution in [0.3, 0.4) is 0 Å². The standard InChI is InChI=1S/C14H32N4/c1-16(2)9-10-18-13-11-17(12-14-18)8-6-4-3-5-7-15/h3-15H2,1-2H3. The van der Waals surface area contributed by atoms with E-state index in [0.29, 0.717) is 0 Å². The van der Waals surface area contributed by atoms with Gasteiger partial charge < -0.3 is 15.5 Å². The van der Waals surface area contributed by atoms with Crippen LogP contribution in [-0.2, 0) is 0 Å². The van der Waals surface area contributed by atoms with E-state index in [9.17, 15) is 0 Å². The first-order valence-electron chi connectivity index (χ1n) is 7.52. The van der Waals surface area contributed by atoms with Gasteiger partial charge in [-0.05, 0) is 40.0 Å². The van der Waals surface area contributed by atoms with Crippen molar-refractivity contribution in [3.8, 4) is 0 Å². The van der Waals surface area contributed by atoms with E-state index >= 15 is 0 Å². The molecule has 0 aliphatic carbocycles. The maximum atomic E-state index is 5.50. The van der Waals surface area contributed by atoms with Gasteiger partial charge in [-0.1, -0.05) is 12.8 Å². The van der Waals surface area contributed by atoms with E-state index in [2.05, 4.69) is 28.8 Å². The van der Waals surface area contributed by atoms with Gasteiger partial charge in [0.1, 0.15) is 0 Å². The Hall–Kier alpha value is -0.160. The van der Waals surface area contributed by atoms with E-state index in [-0.39, 0.29) is 0 Å². The first kappa shape index (κ1) is 15.9. The lowest BCUT2D eigenvalue weighted by molar-refractivity contribution is 0.124. The van der Waals surface area contributed by atoms with Crippen molar-refractivity contribution in [3.05, 3.63) is 0 Å². The third-order valence-corrected chi connectivity index (χ3v) is 3.76. The molecule has 0 amide bonds. The third kappa shape index (κ3) is 7.31. The molecule has 18 heavy (non-hydrogen) atoms. The topological polar surface area (TPSA) is 35.7 Å². The molecule has 1 rings (SSSR count). The van der Waals surface area contributed by atoms with Gasteiger partial charge in [-0.2, -0.15) is 0 Å². The lowest BCUT2D eigenvalue weighted by Crippen LogP contribution is -2.48. The highest BCUT2D eigenvalue weighted by Gasteiger charge is 2.15. The quantitative estimate of drug-likeness (QED) is 0.616. The van der Waals surface area contributed by atoms with Gasteiger partial charge in [0.15, 0.2) is 0 Å². The molecule has 0 aromatic rings. The molecular formula is C14H32N4. The van der Waals surface area contributed by atoms with Crippen LogP contribution in [0.25, 0.3) is 0 Å². The van der Waals surface area contributed by atoms with Crippen LogP contribution < -0.4 is 5.73 Å². The van der Waals surface area contributed by atoms with Crippen LogP contribution in [0.5, 0.6) is 0 Å². The third-order valence-electron chi connectivity index (χ3n) is 3.76. The van der Waals surface area contributed by atoms with Crippen molar-refractivity contribution >= 4 is 0 Å². The van der Waals surface area contributed by atoms with Gasteiger partial charge in [-0.3, -0.25) is 4.90 Å². The van der Waals surface area contributed by atoms with Gasteiger partial charge in [0, 0.05) is 39.3 Å². The van der Waals surface area contributed by atoms with Gasteiger partial charge in [0.05, 0.1) is 0 Å². The predicted octanol–water partition coefficient (Wildman–Crippen LogP) is 0.685. The van der Waals surface area contributed by atoms with Crippen molar-refractivity contribution in [2.45, 2.75) is 25.7 Å². The Morgan fingerprint density at radius 1 is 0.833 bits per heavy atom. The fourth-order valence-corrected chi connectivity index (χ4v) is 2.41. The predicted molar refractivity (Wildman–Crippen MR) is 79.0 cm³/mol. The summed E-state index contributed by atoms with van der Waals surface area (Å²) in [5.74, 6) is 0. The van der Waals surface area contributed by atoms with Crippen LogP contribution in [0, 0.1) is 0 Å². The average molecular weight is 256 g/mol. The second-order valence-corrected chi connectivity index (χ2v) is 5.69. The molecule has 1 fully saturated rings. The Labute approximate surface area is 113 Å². The summed E-state index contributed by atoms with van der Waals surface area (Å²) < 4.78 is 0. The van der Waals surface area contributed by atoms with Crippen LogP contribution in [0.15, 0.2) is 0 Å². The Morgan fingerprint density at radius 2 is 1.39 bits per heavy atom. The fourth-order valence-electron chi connectivity index (χ4n) is 2.41. The molecule has 0 bridgehead atoms. The summed E-state index contributed by atoms with van der Waals surface area (Å²) in [6, 6.07) is 0. The summed E-state index contributed by atoms with van der Waals surface area (Å²) in [4.78, 5) is 7.48. The molecule has 1 heterocycles. The molecular weight excluding hydrogens is 224 g/mol. The molecule has 0 spiro atoms. The zero-order valence-corrected chi connectivity index (χ0v) is 12.4. The fraction of sp³-hybridized carbons (Fsp3) is 1.00. The largest absolute Gasteiger partial charge is 0.330 e. The number of piperazine rings is 1. The Kier molecular flexibility index (Phi) is 8.59. The van der Waals surface area contributed by atoms with Crippen LogP contribution in [-0.4, -0.2) is 81.2 Å². The van der Waals surface area contributed by atoms with Gasteiger partial charge in [0.25, 0.3) is 0 Å². The minimum atomic E-state index is 0.852. The zero-order valence-electron chi connectivity index (χ0n) is 12.4. The highest BCUT2D eigenvalue weighted by Crippen LogP contribution is 2.05. The molecule has 108 valence electrons. The average Bonchev–Trinajstić information content (AvgIpc) is 2.37. The Morgan fingerprint density at radius 3 is 1.94 bits per heavy atom. The molecule has 0 saturated carbocycles. The van der Waals surface area contributed by atoms with Crippen LogP contribution in [0.4, 0.5) is 0 Å². The molecule has 4 nitrogen and oxygen atoms in total. The highest BCUT2D eigenvalue weighted by molar-refractivity contribution is 4.72. The van der Waals surface area contributed by atoms with Crippen LogP contribution in [0.1, 0.15) is 25.7 Å². The van der Waals surface area contributed by atoms with Gasteiger partial charge >= 0.3 is 0 Å². The molecule has 0 aromatic heterocycles. The van der Waals surface area contributed by atoms with Crippen LogP contribution >= 0.6 is 0 Å². The summed E-state index contributed by atoms with van der Waals surface area (Å²) >= 11 is 0. The molecule has 0 aromatic carbocycles. The number of hydrogen-bond donors (Lipinski definition) is 1. The van der Waals surface area contributed by atoms with Gasteiger partial charge in [0.2, 0.25) is 0 Å². The minimum absolute atomic E-state index is 0.852. The summed E-state index contributed by atoms with van der Waals surface area (Å²) in [5.41, 5.74) is 5.50. The molecule has 0 unspecified atom stereocenters. The first-order chi connectivity index (χ1) is 8.72. The van der Waals surface area contributed by atoms with E-state index in [0.717, 1.165) is 6.54 Å². The maximum absolute atomic E-state index is 5.50. The van der Waals surface area contributed by atoms with E-state index in [1.54, 1.807) is 0 Å². The SMILES string of the molecule is CN(C)CCN1CCN(CCCCCCN)CC1. The maximum Gasteiger partial charge on any atom is 0.0110 e. The summed E-state index contributed by atoms with van der Waals surface area (Å²) in [7, 11) is 4.30. The molecule has 0 radical (unpaired) electrons. The van der Waals surface area contributed by atoms with Crippen molar-refractivity contribution in [1.82, 2.24) is 14.7 Å². The zero-order chi connectivity index (χ0) is 13.2. The van der Waals surface area contributed by atoms with Crippen molar-refractivity contribution in [1.29, 1.82) is 0 Å². The molecule has 1 aliphatic rings. The number of unbranched alkanes of at least 4 members (excludes halogenated alkanes) is 3. The van der Waals surface area contributed by atoms with E-state index in [4.69, 9.17) is 5.73 Å². The van der Waals surface area contributed by atoms with Crippen molar-refractivity contribution in [2.24, 2.45) is 5.73 Å².